The van der Waals surface area contributed by atoms with Crippen LogP contribution >= 0.6 is 0 Å². The third-order valence-corrected chi connectivity index (χ3v) is 5.78. The summed E-state index contributed by atoms with van der Waals surface area (Å²) < 4.78 is 24.6. The molecule has 1 aliphatic rings. The summed E-state index contributed by atoms with van der Waals surface area (Å²) in [7, 11) is 6.91. The molecule has 0 bridgehead atoms. The number of methoxy groups -OCH3 is 3. The lowest BCUT2D eigenvalue weighted by atomic mass is 10.1. The van der Waals surface area contributed by atoms with Crippen molar-refractivity contribution < 1.29 is 18.9 Å². The SMILES string of the molecule is COc1ccccc1CN(CC1CCCO1)c1nnc(-c2cccc(OC)c2OC)n1C. The molecule has 1 unspecified atom stereocenters. The number of anilines is 1. The van der Waals surface area contributed by atoms with Gasteiger partial charge in [0.15, 0.2) is 17.3 Å². The number of ether oxygens (including phenoxy) is 4. The van der Waals surface area contributed by atoms with E-state index in [-0.39, 0.29) is 6.10 Å². The van der Waals surface area contributed by atoms with E-state index in [1.165, 1.54) is 0 Å². The van der Waals surface area contributed by atoms with Crippen LogP contribution in [0.15, 0.2) is 42.5 Å². The molecule has 0 spiro atoms. The lowest BCUT2D eigenvalue weighted by molar-refractivity contribution is 0.115. The van der Waals surface area contributed by atoms with Crippen molar-refractivity contribution in [2.45, 2.75) is 25.5 Å². The fraction of sp³-hybridized carbons (Fsp3) is 0.417. The summed E-state index contributed by atoms with van der Waals surface area (Å²) in [5.74, 6) is 3.59. The van der Waals surface area contributed by atoms with E-state index >= 15 is 0 Å². The van der Waals surface area contributed by atoms with E-state index in [2.05, 4.69) is 21.2 Å². The van der Waals surface area contributed by atoms with Gasteiger partial charge in [0.2, 0.25) is 5.95 Å². The number of hydrogen-bond donors (Lipinski definition) is 0. The summed E-state index contributed by atoms with van der Waals surface area (Å²) in [6.07, 6.45) is 2.28. The van der Waals surface area contributed by atoms with Crippen LogP contribution in [0.4, 0.5) is 5.95 Å². The Labute approximate surface area is 188 Å². The number of para-hydroxylation sites is 2. The Kier molecular flexibility index (Phi) is 6.80. The number of nitrogens with zero attached hydrogens (tertiary/aromatic N) is 4. The minimum Gasteiger partial charge on any atom is -0.496 e. The highest BCUT2D eigenvalue weighted by Crippen LogP contribution is 2.38. The van der Waals surface area contributed by atoms with Gasteiger partial charge in [0, 0.05) is 32.3 Å². The first-order chi connectivity index (χ1) is 15.7. The lowest BCUT2D eigenvalue weighted by Crippen LogP contribution is -2.33. The average Bonchev–Trinajstić information content (AvgIpc) is 3.47. The zero-order valence-electron chi connectivity index (χ0n) is 19.1. The third kappa shape index (κ3) is 4.36. The van der Waals surface area contributed by atoms with Gasteiger partial charge in [-0.25, -0.2) is 0 Å². The molecule has 0 aliphatic carbocycles. The van der Waals surface area contributed by atoms with Gasteiger partial charge < -0.3 is 23.8 Å². The van der Waals surface area contributed by atoms with E-state index in [1.807, 2.05) is 48.0 Å². The van der Waals surface area contributed by atoms with E-state index in [1.54, 1.807) is 21.3 Å². The molecule has 4 rings (SSSR count). The predicted octanol–water partition coefficient (Wildman–Crippen LogP) is 3.69. The fourth-order valence-electron chi connectivity index (χ4n) is 4.18. The van der Waals surface area contributed by atoms with Gasteiger partial charge in [-0.2, -0.15) is 0 Å². The fourth-order valence-corrected chi connectivity index (χ4v) is 4.18. The molecule has 8 nitrogen and oxygen atoms in total. The molecule has 0 radical (unpaired) electrons. The van der Waals surface area contributed by atoms with Gasteiger partial charge >= 0.3 is 0 Å². The number of benzene rings is 2. The van der Waals surface area contributed by atoms with Crippen LogP contribution in [0.3, 0.4) is 0 Å². The summed E-state index contributed by atoms with van der Waals surface area (Å²) in [4.78, 5) is 2.21. The second-order valence-electron chi connectivity index (χ2n) is 7.75. The molecular formula is C24H30N4O4. The molecule has 0 saturated carbocycles. The smallest absolute Gasteiger partial charge is 0.227 e. The molecule has 3 aromatic rings. The van der Waals surface area contributed by atoms with E-state index in [0.717, 1.165) is 48.8 Å². The first kappa shape index (κ1) is 22.0. The van der Waals surface area contributed by atoms with Crippen molar-refractivity contribution in [2.24, 2.45) is 7.05 Å². The van der Waals surface area contributed by atoms with Crippen molar-refractivity contribution in [3.63, 3.8) is 0 Å². The van der Waals surface area contributed by atoms with Gasteiger partial charge in [-0.15, -0.1) is 10.2 Å². The highest BCUT2D eigenvalue weighted by Gasteiger charge is 2.25. The molecule has 32 heavy (non-hydrogen) atoms. The zero-order valence-corrected chi connectivity index (χ0v) is 19.1. The van der Waals surface area contributed by atoms with Crippen LogP contribution < -0.4 is 19.1 Å². The maximum atomic E-state index is 5.93. The maximum absolute atomic E-state index is 5.93. The molecule has 170 valence electrons. The highest BCUT2D eigenvalue weighted by molar-refractivity contribution is 5.70. The minimum absolute atomic E-state index is 0.163. The Balaban J connectivity index is 1.71. The normalized spacial score (nSPS) is 15.6. The van der Waals surface area contributed by atoms with Crippen molar-refractivity contribution >= 4 is 5.95 Å². The van der Waals surface area contributed by atoms with E-state index < -0.39 is 0 Å². The Hall–Kier alpha value is -3.26. The monoisotopic (exact) mass is 438 g/mol. The van der Waals surface area contributed by atoms with Crippen molar-refractivity contribution in [3.8, 4) is 28.6 Å². The van der Waals surface area contributed by atoms with E-state index in [4.69, 9.17) is 18.9 Å². The van der Waals surface area contributed by atoms with Gasteiger partial charge in [-0.3, -0.25) is 4.57 Å². The average molecular weight is 439 g/mol. The standard InChI is InChI=1S/C24H30N4O4/c1-27-23(19-11-7-13-21(30-3)22(19)31-4)25-26-24(27)28(16-18-10-8-14-32-18)15-17-9-5-6-12-20(17)29-2/h5-7,9,11-13,18H,8,10,14-16H2,1-4H3. The Morgan fingerprint density at radius 3 is 2.50 bits per heavy atom. The zero-order chi connectivity index (χ0) is 22.5. The predicted molar refractivity (Wildman–Crippen MR) is 123 cm³/mol. The van der Waals surface area contributed by atoms with Crippen molar-refractivity contribution in [1.29, 1.82) is 0 Å². The Morgan fingerprint density at radius 1 is 1.00 bits per heavy atom. The summed E-state index contributed by atoms with van der Waals surface area (Å²) in [6, 6.07) is 13.8. The molecule has 2 heterocycles. The Bertz CT molecular complexity index is 1050. The molecule has 0 amide bonds. The lowest BCUT2D eigenvalue weighted by Gasteiger charge is -2.27. The van der Waals surface area contributed by atoms with Crippen LogP contribution in [0, 0.1) is 0 Å². The van der Waals surface area contributed by atoms with Gasteiger partial charge in [-0.1, -0.05) is 24.3 Å². The molecule has 1 saturated heterocycles. The number of rotatable bonds is 9. The summed E-state index contributed by atoms with van der Waals surface area (Å²) >= 11 is 0. The first-order valence-corrected chi connectivity index (χ1v) is 10.8. The number of hydrogen-bond acceptors (Lipinski definition) is 7. The summed E-state index contributed by atoms with van der Waals surface area (Å²) in [5, 5.41) is 9.08. The molecule has 1 atom stereocenters. The number of aromatic nitrogens is 3. The minimum atomic E-state index is 0.163. The van der Waals surface area contributed by atoms with Crippen LogP contribution in [0.25, 0.3) is 11.4 Å². The molecule has 1 aromatic heterocycles. The second-order valence-corrected chi connectivity index (χ2v) is 7.75. The van der Waals surface area contributed by atoms with Crippen molar-refractivity contribution in [1.82, 2.24) is 14.8 Å². The van der Waals surface area contributed by atoms with E-state index in [0.29, 0.717) is 23.9 Å². The molecular weight excluding hydrogens is 408 g/mol. The Morgan fingerprint density at radius 2 is 1.78 bits per heavy atom. The van der Waals surface area contributed by atoms with Crippen LogP contribution in [-0.4, -0.2) is 55.3 Å². The second kappa shape index (κ2) is 9.91. The molecule has 0 N–H and O–H groups in total. The highest BCUT2D eigenvalue weighted by atomic mass is 16.5. The third-order valence-electron chi connectivity index (χ3n) is 5.78. The molecule has 2 aromatic carbocycles. The largest absolute Gasteiger partial charge is 0.496 e. The summed E-state index contributed by atoms with van der Waals surface area (Å²) in [5.41, 5.74) is 1.90. The van der Waals surface area contributed by atoms with Crippen LogP contribution in [0.1, 0.15) is 18.4 Å². The maximum Gasteiger partial charge on any atom is 0.227 e. The molecule has 8 heteroatoms. The van der Waals surface area contributed by atoms with Crippen LogP contribution in [0.2, 0.25) is 0 Å². The van der Waals surface area contributed by atoms with E-state index in [9.17, 15) is 0 Å². The van der Waals surface area contributed by atoms with Gasteiger partial charge in [0.1, 0.15) is 5.75 Å². The quantitative estimate of drug-likeness (QED) is 0.505. The van der Waals surface area contributed by atoms with Crippen LogP contribution in [-0.2, 0) is 18.3 Å². The van der Waals surface area contributed by atoms with Crippen molar-refractivity contribution in [2.75, 3.05) is 39.4 Å². The van der Waals surface area contributed by atoms with Gasteiger partial charge in [0.25, 0.3) is 0 Å². The summed E-state index contributed by atoms with van der Waals surface area (Å²) in [6.45, 7) is 2.16. The molecule has 1 aliphatic heterocycles. The van der Waals surface area contributed by atoms with Crippen LogP contribution in [0.5, 0.6) is 17.2 Å². The first-order valence-electron chi connectivity index (χ1n) is 10.8. The van der Waals surface area contributed by atoms with Gasteiger partial charge in [-0.05, 0) is 31.0 Å². The van der Waals surface area contributed by atoms with Crippen molar-refractivity contribution in [3.05, 3.63) is 48.0 Å². The van der Waals surface area contributed by atoms with Gasteiger partial charge in [0.05, 0.1) is 33.0 Å². The molecule has 1 fully saturated rings. The topological polar surface area (TPSA) is 70.9 Å².